The normalized spacial score (nSPS) is 10.9. The molecule has 0 fully saturated rings. The van der Waals surface area contributed by atoms with Crippen LogP contribution in [0.5, 0.6) is 0 Å². The van der Waals surface area contributed by atoms with Crippen molar-refractivity contribution in [3.63, 3.8) is 0 Å². The molecular formula is C21H13BrCl2N2. The van der Waals surface area contributed by atoms with Crippen LogP contribution in [0, 0.1) is 0 Å². The number of rotatable bonds is 3. The Morgan fingerprint density at radius 1 is 0.769 bits per heavy atom. The minimum Gasteiger partial charge on any atom is -0.232 e. The molecule has 0 saturated heterocycles. The maximum Gasteiger partial charge on any atom is 0.0934 e. The lowest BCUT2D eigenvalue weighted by Gasteiger charge is -2.10. The van der Waals surface area contributed by atoms with Crippen LogP contribution in [0.1, 0.15) is 0 Å². The Hall–Kier alpha value is -2.07. The van der Waals surface area contributed by atoms with Crippen LogP contribution in [0.15, 0.2) is 83.3 Å². The zero-order chi connectivity index (χ0) is 18.1. The molecule has 4 aromatic rings. The minimum atomic E-state index is 0.594. The second kappa shape index (κ2) is 7.28. The number of hydrogen-bond donors (Lipinski definition) is 0. The summed E-state index contributed by atoms with van der Waals surface area (Å²) in [7, 11) is 0. The van der Waals surface area contributed by atoms with Crippen LogP contribution in [0.2, 0.25) is 10.0 Å². The Morgan fingerprint density at radius 3 is 2.08 bits per heavy atom. The first-order valence-electron chi connectivity index (χ1n) is 7.99. The predicted molar refractivity (Wildman–Crippen MR) is 112 cm³/mol. The zero-order valence-electron chi connectivity index (χ0n) is 13.5. The van der Waals surface area contributed by atoms with Crippen LogP contribution in [0.25, 0.3) is 28.2 Å². The van der Waals surface area contributed by atoms with Gasteiger partial charge in [0.2, 0.25) is 0 Å². The molecular weight excluding hydrogens is 431 g/mol. The summed E-state index contributed by atoms with van der Waals surface area (Å²) in [5.74, 6) is 0. The van der Waals surface area contributed by atoms with Crippen molar-refractivity contribution >= 4 is 39.1 Å². The Bertz CT molecular complexity index is 1040. The summed E-state index contributed by atoms with van der Waals surface area (Å²) in [6, 6.07) is 25.5. The van der Waals surface area contributed by atoms with E-state index in [2.05, 4.69) is 15.9 Å². The summed E-state index contributed by atoms with van der Waals surface area (Å²) < 4.78 is 2.91. The van der Waals surface area contributed by atoms with Crippen molar-refractivity contribution in [2.45, 2.75) is 0 Å². The van der Waals surface area contributed by atoms with Crippen molar-refractivity contribution in [2.24, 2.45) is 0 Å². The summed E-state index contributed by atoms with van der Waals surface area (Å²) in [5, 5.41) is 6.01. The Morgan fingerprint density at radius 2 is 1.42 bits per heavy atom. The fourth-order valence-corrected chi connectivity index (χ4v) is 3.68. The molecule has 5 heteroatoms. The molecule has 0 bridgehead atoms. The number of hydrogen-bond acceptors (Lipinski definition) is 1. The summed E-state index contributed by atoms with van der Waals surface area (Å²) in [6.07, 6.45) is 0. The van der Waals surface area contributed by atoms with Gasteiger partial charge >= 0.3 is 0 Å². The highest BCUT2D eigenvalue weighted by atomic mass is 79.9. The van der Waals surface area contributed by atoms with Gasteiger partial charge < -0.3 is 0 Å². The van der Waals surface area contributed by atoms with E-state index in [1.165, 1.54) is 0 Å². The van der Waals surface area contributed by atoms with Gasteiger partial charge in [0, 0.05) is 15.6 Å². The topological polar surface area (TPSA) is 17.8 Å². The second-order valence-electron chi connectivity index (χ2n) is 5.77. The van der Waals surface area contributed by atoms with Gasteiger partial charge in [0.15, 0.2) is 0 Å². The fourth-order valence-electron chi connectivity index (χ4n) is 2.83. The lowest BCUT2D eigenvalue weighted by Crippen LogP contribution is -1.99. The Balaban J connectivity index is 1.96. The van der Waals surface area contributed by atoms with Gasteiger partial charge in [0.1, 0.15) is 0 Å². The number of benzene rings is 3. The highest BCUT2D eigenvalue weighted by molar-refractivity contribution is 9.10. The molecule has 0 aliphatic rings. The van der Waals surface area contributed by atoms with E-state index in [-0.39, 0.29) is 0 Å². The molecule has 1 heterocycles. The van der Waals surface area contributed by atoms with Crippen LogP contribution < -0.4 is 0 Å². The van der Waals surface area contributed by atoms with Crippen molar-refractivity contribution in [2.75, 3.05) is 0 Å². The molecule has 3 aromatic carbocycles. The van der Waals surface area contributed by atoms with Crippen LogP contribution in [-0.4, -0.2) is 9.78 Å². The third-order valence-electron chi connectivity index (χ3n) is 4.07. The van der Waals surface area contributed by atoms with E-state index in [0.29, 0.717) is 10.0 Å². The van der Waals surface area contributed by atoms with Gasteiger partial charge in [-0.1, -0.05) is 75.5 Å². The van der Waals surface area contributed by atoms with Crippen molar-refractivity contribution < 1.29 is 0 Å². The van der Waals surface area contributed by atoms with E-state index in [1.54, 1.807) is 0 Å². The van der Waals surface area contributed by atoms with Gasteiger partial charge in [-0.2, -0.15) is 5.10 Å². The van der Waals surface area contributed by atoms with Gasteiger partial charge in [0.05, 0.1) is 27.1 Å². The molecule has 0 aliphatic carbocycles. The lowest BCUT2D eigenvalue weighted by atomic mass is 10.1. The number of nitrogens with zero attached hydrogens (tertiary/aromatic N) is 2. The summed E-state index contributed by atoms with van der Waals surface area (Å²) >= 11 is 16.4. The molecule has 0 spiro atoms. The molecule has 0 radical (unpaired) electrons. The maximum absolute atomic E-state index is 6.47. The van der Waals surface area contributed by atoms with Gasteiger partial charge in [-0.15, -0.1) is 0 Å². The van der Waals surface area contributed by atoms with E-state index >= 15 is 0 Å². The van der Waals surface area contributed by atoms with Crippen LogP contribution >= 0.6 is 39.1 Å². The molecule has 128 valence electrons. The maximum atomic E-state index is 6.47. The molecule has 0 unspecified atom stereocenters. The predicted octanol–water partition coefficient (Wildman–Crippen LogP) is 7.28. The standard InChI is InChI=1S/C21H13BrCl2N2/c22-15-11-9-14(10-12-15)19-13-20(21-17(23)7-4-8-18(21)24)26(25-19)16-5-2-1-3-6-16/h1-13H. The Labute approximate surface area is 170 Å². The quantitative estimate of drug-likeness (QED) is 0.325. The van der Waals surface area contributed by atoms with E-state index in [9.17, 15) is 0 Å². The van der Waals surface area contributed by atoms with E-state index in [4.69, 9.17) is 28.3 Å². The largest absolute Gasteiger partial charge is 0.232 e. The van der Waals surface area contributed by atoms with E-state index in [0.717, 1.165) is 32.7 Å². The molecule has 4 rings (SSSR count). The highest BCUT2D eigenvalue weighted by Gasteiger charge is 2.17. The number of para-hydroxylation sites is 1. The van der Waals surface area contributed by atoms with Crippen LogP contribution in [0.3, 0.4) is 0 Å². The molecule has 0 N–H and O–H groups in total. The first-order valence-corrected chi connectivity index (χ1v) is 9.54. The van der Waals surface area contributed by atoms with Crippen molar-refractivity contribution in [3.05, 3.63) is 93.4 Å². The third kappa shape index (κ3) is 3.30. The molecule has 0 saturated carbocycles. The molecule has 0 amide bonds. The summed E-state index contributed by atoms with van der Waals surface area (Å²) in [6.45, 7) is 0. The smallest absolute Gasteiger partial charge is 0.0934 e. The van der Waals surface area contributed by atoms with Crippen molar-refractivity contribution in [3.8, 4) is 28.2 Å². The molecule has 0 aliphatic heterocycles. The SMILES string of the molecule is Clc1cccc(Cl)c1-c1cc(-c2ccc(Br)cc2)nn1-c1ccccc1. The third-order valence-corrected chi connectivity index (χ3v) is 5.23. The average molecular weight is 444 g/mol. The second-order valence-corrected chi connectivity index (χ2v) is 7.50. The average Bonchev–Trinajstić information content (AvgIpc) is 3.08. The van der Waals surface area contributed by atoms with Gasteiger partial charge in [0.25, 0.3) is 0 Å². The zero-order valence-corrected chi connectivity index (χ0v) is 16.6. The summed E-state index contributed by atoms with van der Waals surface area (Å²) in [4.78, 5) is 0. The molecule has 0 atom stereocenters. The monoisotopic (exact) mass is 442 g/mol. The minimum absolute atomic E-state index is 0.594. The first-order chi connectivity index (χ1) is 12.6. The van der Waals surface area contributed by atoms with E-state index < -0.39 is 0 Å². The fraction of sp³-hybridized carbons (Fsp3) is 0. The Kier molecular flexibility index (Phi) is 4.86. The van der Waals surface area contributed by atoms with Crippen molar-refractivity contribution in [1.82, 2.24) is 9.78 Å². The molecule has 2 nitrogen and oxygen atoms in total. The van der Waals surface area contributed by atoms with Crippen LogP contribution in [-0.2, 0) is 0 Å². The van der Waals surface area contributed by atoms with E-state index in [1.807, 2.05) is 83.5 Å². The van der Waals surface area contributed by atoms with Crippen LogP contribution in [0.4, 0.5) is 0 Å². The molecule has 1 aromatic heterocycles. The van der Waals surface area contributed by atoms with Gasteiger partial charge in [-0.3, -0.25) is 0 Å². The van der Waals surface area contributed by atoms with Gasteiger partial charge in [-0.25, -0.2) is 4.68 Å². The highest BCUT2D eigenvalue weighted by Crippen LogP contribution is 2.37. The molecule has 26 heavy (non-hydrogen) atoms. The summed E-state index contributed by atoms with van der Waals surface area (Å²) in [5.41, 5.74) is 4.45. The number of halogens is 3. The lowest BCUT2D eigenvalue weighted by molar-refractivity contribution is 0.892. The van der Waals surface area contributed by atoms with Crippen molar-refractivity contribution in [1.29, 1.82) is 0 Å². The number of aromatic nitrogens is 2. The first kappa shape index (κ1) is 17.3. The van der Waals surface area contributed by atoms with Gasteiger partial charge in [-0.05, 0) is 42.5 Å².